The second-order valence-electron chi connectivity index (χ2n) is 5.38. The van der Waals surface area contributed by atoms with Crippen molar-refractivity contribution in [2.45, 2.75) is 20.0 Å². The number of fused-ring (bicyclic) bond motifs is 1. The molecule has 110 valence electrons. The van der Waals surface area contributed by atoms with Crippen LogP contribution < -0.4 is 15.0 Å². The summed E-state index contributed by atoms with van der Waals surface area (Å²) in [6.07, 6.45) is 0. The number of benzene rings is 1. The third kappa shape index (κ3) is 3.16. The topological polar surface area (TPSA) is 37.4 Å². The number of anilines is 1. The van der Waals surface area contributed by atoms with Gasteiger partial charge in [0.15, 0.2) is 0 Å². The molecule has 0 saturated carbocycles. The summed E-state index contributed by atoms with van der Waals surface area (Å²) in [5.41, 5.74) is 3.53. The van der Waals surface area contributed by atoms with E-state index in [0.717, 1.165) is 36.9 Å². The van der Waals surface area contributed by atoms with E-state index in [1.165, 1.54) is 11.1 Å². The summed E-state index contributed by atoms with van der Waals surface area (Å²) in [5, 5.41) is 3.20. The first-order chi connectivity index (χ1) is 10.3. The quantitative estimate of drug-likeness (QED) is 0.939. The fourth-order valence-electron chi connectivity index (χ4n) is 2.71. The molecule has 1 aromatic carbocycles. The predicted octanol–water partition coefficient (Wildman–Crippen LogP) is 2.51. The van der Waals surface area contributed by atoms with Crippen LogP contribution in [0.25, 0.3) is 0 Å². The SMILES string of the molecule is CNCc1cc(C)nc(N2CCOc3ccccc3C2)c1. The molecule has 0 unspecified atom stereocenters. The van der Waals surface area contributed by atoms with Gasteiger partial charge in [-0.05, 0) is 37.7 Å². The number of aryl methyl sites for hydroxylation is 1. The van der Waals surface area contributed by atoms with Crippen LogP contribution in [-0.2, 0) is 13.1 Å². The lowest BCUT2D eigenvalue weighted by Gasteiger charge is -2.22. The second-order valence-corrected chi connectivity index (χ2v) is 5.38. The summed E-state index contributed by atoms with van der Waals surface area (Å²) in [4.78, 5) is 6.99. The second kappa shape index (κ2) is 6.14. The number of hydrogen-bond acceptors (Lipinski definition) is 4. The van der Waals surface area contributed by atoms with Crippen molar-refractivity contribution in [3.8, 4) is 5.75 Å². The van der Waals surface area contributed by atoms with Gasteiger partial charge in [0, 0.05) is 24.3 Å². The minimum atomic E-state index is 0.688. The van der Waals surface area contributed by atoms with Gasteiger partial charge in [-0.2, -0.15) is 0 Å². The number of rotatable bonds is 3. The summed E-state index contributed by atoms with van der Waals surface area (Å²) in [7, 11) is 1.96. The normalized spacial score (nSPS) is 14.3. The molecule has 2 aromatic rings. The van der Waals surface area contributed by atoms with Gasteiger partial charge in [0.1, 0.15) is 18.2 Å². The van der Waals surface area contributed by atoms with Crippen LogP contribution in [0.2, 0.25) is 0 Å². The van der Waals surface area contributed by atoms with E-state index in [-0.39, 0.29) is 0 Å². The van der Waals surface area contributed by atoms with Gasteiger partial charge in [-0.25, -0.2) is 4.98 Å². The Morgan fingerprint density at radius 1 is 1.29 bits per heavy atom. The van der Waals surface area contributed by atoms with E-state index in [0.29, 0.717) is 6.61 Å². The fraction of sp³-hybridized carbons (Fsp3) is 0.353. The van der Waals surface area contributed by atoms with E-state index in [9.17, 15) is 0 Å². The summed E-state index contributed by atoms with van der Waals surface area (Å²) in [6, 6.07) is 12.5. The Hall–Kier alpha value is -2.07. The van der Waals surface area contributed by atoms with E-state index >= 15 is 0 Å². The summed E-state index contributed by atoms with van der Waals surface area (Å²) in [5.74, 6) is 2.02. The molecule has 0 saturated heterocycles. The average molecular weight is 283 g/mol. The lowest BCUT2D eigenvalue weighted by molar-refractivity contribution is 0.331. The molecule has 2 heterocycles. The molecule has 0 radical (unpaired) electrons. The Kier molecular flexibility index (Phi) is 4.06. The molecule has 4 heteroatoms. The molecule has 1 aromatic heterocycles. The Morgan fingerprint density at radius 2 is 2.14 bits per heavy atom. The van der Waals surface area contributed by atoms with Crippen molar-refractivity contribution < 1.29 is 4.74 Å². The van der Waals surface area contributed by atoms with Gasteiger partial charge in [0.2, 0.25) is 0 Å². The van der Waals surface area contributed by atoms with E-state index in [4.69, 9.17) is 9.72 Å². The van der Waals surface area contributed by atoms with Crippen molar-refractivity contribution in [2.75, 3.05) is 25.1 Å². The lowest BCUT2D eigenvalue weighted by atomic mass is 10.1. The molecule has 21 heavy (non-hydrogen) atoms. The third-order valence-corrected chi connectivity index (χ3v) is 3.66. The number of para-hydroxylation sites is 1. The maximum Gasteiger partial charge on any atom is 0.129 e. The molecule has 0 atom stereocenters. The Labute approximate surface area is 125 Å². The first-order valence-electron chi connectivity index (χ1n) is 7.34. The highest BCUT2D eigenvalue weighted by Gasteiger charge is 2.16. The standard InChI is InChI=1S/C17H21N3O/c1-13-9-14(11-18-2)10-17(19-13)20-7-8-21-16-6-4-3-5-15(16)12-20/h3-6,9-10,18H,7-8,11-12H2,1-2H3. The Balaban J connectivity index is 1.90. The van der Waals surface area contributed by atoms with Crippen molar-refractivity contribution in [1.82, 2.24) is 10.3 Å². The smallest absolute Gasteiger partial charge is 0.129 e. The Morgan fingerprint density at radius 3 is 3.00 bits per heavy atom. The monoisotopic (exact) mass is 283 g/mol. The van der Waals surface area contributed by atoms with Crippen LogP contribution in [0.15, 0.2) is 36.4 Å². The van der Waals surface area contributed by atoms with E-state index in [1.807, 2.05) is 26.1 Å². The highest BCUT2D eigenvalue weighted by atomic mass is 16.5. The summed E-state index contributed by atoms with van der Waals surface area (Å²) < 4.78 is 5.83. The van der Waals surface area contributed by atoms with Crippen molar-refractivity contribution in [1.29, 1.82) is 0 Å². The highest BCUT2D eigenvalue weighted by molar-refractivity contribution is 5.46. The molecule has 0 aliphatic carbocycles. The molecule has 1 N–H and O–H groups in total. The molecule has 0 spiro atoms. The number of aromatic nitrogens is 1. The maximum atomic E-state index is 5.83. The van der Waals surface area contributed by atoms with Gasteiger partial charge in [-0.1, -0.05) is 18.2 Å². The zero-order valence-electron chi connectivity index (χ0n) is 12.6. The molecule has 0 fully saturated rings. The van der Waals surface area contributed by atoms with Gasteiger partial charge >= 0.3 is 0 Å². The molecular formula is C17H21N3O. The molecule has 0 bridgehead atoms. The zero-order valence-corrected chi connectivity index (χ0v) is 12.6. The molecule has 1 aliphatic heterocycles. The van der Waals surface area contributed by atoms with Crippen LogP contribution in [0, 0.1) is 6.92 Å². The van der Waals surface area contributed by atoms with Crippen molar-refractivity contribution in [3.63, 3.8) is 0 Å². The van der Waals surface area contributed by atoms with Gasteiger partial charge in [-0.15, -0.1) is 0 Å². The first kappa shape index (κ1) is 13.9. The van der Waals surface area contributed by atoms with Crippen molar-refractivity contribution >= 4 is 5.82 Å². The van der Waals surface area contributed by atoms with Crippen LogP contribution in [0.1, 0.15) is 16.8 Å². The van der Waals surface area contributed by atoms with Crippen molar-refractivity contribution in [2.24, 2.45) is 0 Å². The number of hydrogen-bond donors (Lipinski definition) is 1. The molecule has 4 nitrogen and oxygen atoms in total. The minimum absolute atomic E-state index is 0.688. The largest absolute Gasteiger partial charge is 0.491 e. The van der Waals surface area contributed by atoms with Gasteiger partial charge < -0.3 is 15.0 Å². The molecule has 3 rings (SSSR count). The van der Waals surface area contributed by atoms with Crippen LogP contribution in [0.3, 0.4) is 0 Å². The van der Waals surface area contributed by atoms with E-state index < -0.39 is 0 Å². The number of ether oxygens (including phenoxy) is 1. The molecule has 1 aliphatic rings. The maximum absolute atomic E-state index is 5.83. The predicted molar refractivity (Wildman–Crippen MR) is 84.7 cm³/mol. The number of nitrogens with one attached hydrogen (secondary N) is 1. The van der Waals surface area contributed by atoms with Crippen LogP contribution in [0.4, 0.5) is 5.82 Å². The van der Waals surface area contributed by atoms with Gasteiger partial charge in [0.05, 0.1) is 6.54 Å². The van der Waals surface area contributed by atoms with E-state index in [2.05, 4.69) is 34.5 Å². The number of pyridine rings is 1. The van der Waals surface area contributed by atoms with Gasteiger partial charge in [-0.3, -0.25) is 0 Å². The summed E-state index contributed by atoms with van der Waals surface area (Å²) in [6.45, 7) is 5.28. The fourth-order valence-corrected chi connectivity index (χ4v) is 2.71. The third-order valence-electron chi connectivity index (χ3n) is 3.66. The van der Waals surface area contributed by atoms with Crippen molar-refractivity contribution in [3.05, 3.63) is 53.2 Å². The lowest BCUT2D eigenvalue weighted by Crippen LogP contribution is -2.26. The Bertz CT molecular complexity index is 627. The summed E-state index contributed by atoms with van der Waals surface area (Å²) >= 11 is 0. The molecule has 0 amide bonds. The van der Waals surface area contributed by atoms with Crippen LogP contribution in [-0.4, -0.2) is 25.2 Å². The van der Waals surface area contributed by atoms with Crippen LogP contribution >= 0.6 is 0 Å². The van der Waals surface area contributed by atoms with E-state index in [1.54, 1.807) is 0 Å². The van der Waals surface area contributed by atoms with Crippen LogP contribution in [0.5, 0.6) is 5.75 Å². The molecular weight excluding hydrogens is 262 g/mol. The zero-order chi connectivity index (χ0) is 14.7. The number of nitrogens with zero attached hydrogens (tertiary/aromatic N) is 2. The van der Waals surface area contributed by atoms with Gasteiger partial charge in [0.25, 0.3) is 0 Å². The minimum Gasteiger partial charge on any atom is -0.491 e. The average Bonchev–Trinajstić information content (AvgIpc) is 2.69. The first-order valence-corrected chi connectivity index (χ1v) is 7.34. The highest BCUT2D eigenvalue weighted by Crippen LogP contribution is 2.25.